The van der Waals surface area contributed by atoms with Gasteiger partial charge in [0.15, 0.2) is 0 Å². The number of benzene rings is 1. The molecule has 1 aromatic carbocycles. The van der Waals surface area contributed by atoms with E-state index < -0.39 is 0 Å². The molecule has 5 heteroatoms. The summed E-state index contributed by atoms with van der Waals surface area (Å²) >= 11 is 6.01. The van der Waals surface area contributed by atoms with Gasteiger partial charge in [-0.2, -0.15) is 5.26 Å². The molecule has 0 saturated heterocycles. The number of nitrogens with zero attached hydrogens (tertiary/aromatic N) is 1. The summed E-state index contributed by atoms with van der Waals surface area (Å²) in [5, 5.41) is 13.0. The second kappa shape index (κ2) is 6.62. The maximum Gasteiger partial charge on any atom is 0.308 e. The monoisotopic (exact) mass is 292 g/mol. The Morgan fingerprint density at radius 3 is 2.70 bits per heavy atom. The van der Waals surface area contributed by atoms with Gasteiger partial charge < -0.3 is 10.1 Å². The zero-order valence-electron chi connectivity index (χ0n) is 11.4. The molecular formula is C15H17ClN2O2. The van der Waals surface area contributed by atoms with E-state index in [0.29, 0.717) is 10.6 Å². The van der Waals surface area contributed by atoms with Crippen LogP contribution in [0.5, 0.6) is 0 Å². The number of rotatable bonds is 3. The van der Waals surface area contributed by atoms with Crippen LogP contribution in [0.4, 0.5) is 5.69 Å². The van der Waals surface area contributed by atoms with Crippen LogP contribution >= 0.6 is 11.6 Å². The lowest BCUT2D eigenvalue weighted by Gasteiger charge is -2.28. The largest absolute Gasteiger partial charge is 0.469 e. The minimum atomic E-state index is -0.121. The Bertz CT molecular complexity index is 531. The fourth-order valence-electron chi connectivity index (χ4n) is 2.62. The number of hydrogen-bond acceptors (Lipinski definition) is 4. The molecular weight excluding hydrogens is 276 g/mol. The summed E-state index contributed by atoms with van der Waals surface area (Å²) in [5.74, 6) is -0.114. The van der Waals surface area contributed by atoms with Crippen LogP contribution in [-0.2, 0) is 9.53 Å². The van der Waals surface area contributed by atoms with E-state index in [1.165, 1.54) is 7.11 Å². The Labute approximate surface area is 123 Å². The molecule has 1 aromatic rings. The molecule has 0 bridgehead atoms. The van der Waals surface area contributed by atoms with Crippen LogP contribution in [0.2, 0.25) is 5.02 Å². The van der Waals surface area contributed by atoms with Crippen molar-refractivity contribution in [3.63, 3.8) is 0 Å². The molecule has 0 unspecified atom stereocenters. The summed E-state index contributed by atoms with van der Waals surface area (Å²) in [6.45, 7) is 0. The first kappa shape index (κ1) is 14.7. The van der Waals surface area contributed by atoms with Gasteiger partial charge in [-0.05, 0) is 37.8 Å². The smallest absolute Gasteiger partial charge is 0.308 e. The van der Waals surface area contributed by atoms with Crippen molar-refractivity contribution in [2.45, 2.75) is 31.7 Å². The van der Waals surface area contributed by atoms with Crippen molar-refractivity contribution in [2.75, 3.05) is 12.4 Å². The standard InChI is InChI=1S/C15H17ClN2O2/c1-20-15(19)10-5-7-11(8-6-10)18-14-4-2-3-13(16)12(14)9-17/h2-4,10-11,18H,5-8H2,1H3. The Morgan fingerprint density at radius 2 is 2.10 bits per heavy atom. The van der Waals surface area contributed by atoms with E-state index >= 15 is 0 Å². The molecule has 0 atom stereocenters. The number of esters is 1. The second-order valence-electron chi connectivity index (χ2n) is 4.99. The van der Waals surface area contributed by atoms with Crippen molar-refractivity contribution in [1.82, 2.24) is 0 Å². The number of ether oxygens (including phenoxy) is 1. The number of nitrogens with one attached hydrogen (secondary N) is 1. The normalized spacial score (nSPS) is 21.9. The van der Waals surface area contributed by atoms with Crippen molar-refractivity contribution >= 4 is 23.3 Å². The lowest BCUT2D eigenvalue weighted by molar-refractivity contribution is -0.146. The molecule has 0 aliphatic heterocycles. The average molecular weight is 293 g/mol. The van der Waals surface area contributed by atoms with Gasteiger partial charge in [-0.1, -0.05) is 17.7 Å². The molecule has 0 aromatic heterocycles. The molecule has 1 N–H and O–H groups in total. The fraction of sp³-hybridized carbons (Fsp3) is 0.467. The van der Waals surface area contributed by atoms with E-state index in [2.05, 4.69) is 11.4 Å². The molecule has 1 aliphatic carbocycles. The molecule has 4 nitrogen and oxygen atoms in total. The summed E-state index contributed by atoms with van der Waals surface area (Å²) in [4.78, 5) is 11.5. The maximum absolute atomic E-state index is 11.5. The number of carbonyl (C=O) groups is 1. The minimum absolute atomic E-state index is 0.00727. The summed E-state index contributed by atoms with van der Waals surface area (Å²) in [5.41, 5.74) is 1.24. The van der Waals surface area contributed by atoms with Gasteiger partial charge in [-0.3, -0.25) is 4.79 Å². The van der Waals surface area contributed by atoms with E-state index in [9.17, 15) is 4.79 Å². The number of hydrogen-bond donors (Lipinski definition) is 1. The van der Waals surface area contributed by atoms with E-state index in [-0.39, 0.29) is 17.9 Å². The van der Waals surface area contributed by atoms with Gasteiger partial charge in [0.1, 0.15) is 6.07 Å². The quantitative estimate of drug-likeness (QED) is 0.868. The van der Waals surface area contributed by atoms with Gasteiger partial charge in [-0.15, -0.1) is 0 Å². The highest BCUT2D eigenvalue weighted by molar-refractivity contribution is 6.32. The topological polar surface area (TPSA) is 62.1 Å². The van der Waals surface area contributed by atoms with E-state index in [4.69, 9.17) is 21.6 Å². The Morgan fingerprint density at radius 1 is 1.40 bits per heavy atom. The van der Waals surface area contributed by atoms with Crippen molar-refractivity contribution in [2.24, 2.45) is 5.92 Å². The van der Waals surface area contributed by atoms with Gasteiger partial charge in [0.2, 0.25) is 0 Å². The third-order valence-corrected chi connectivity index (χ3v) is 4.06. The molecule has 106 valence electrons. The summed E-state index contributed by atoms with van der Waals surface area (Å²) in [6.07, 6.45) is 3.40. The minimum Gasteiger partial charge on any atom is -0.469 e. The van der Waals surface area contributed by atoms with Crippen LogP contribution in [0.1, 0.15) is 31.2 Å². The molecule has 0 heterocycles. The van der Waals surface area contributed by atoms with E-state index in [1.54, 1.807) is 6.07 Å². The highest BCUT2D eigenvalue weighted by Gasteiger charge is 2.27. The van der Waals surface area contributed by atoms with Crippen LogP contribution < -0.4 is 5.32 Å². The molecule has 0 spiro atoms. The lowest BCUT2D eigenvalue weighted by atomic mass is 9.86. The first-order valence-electron chi connectivity index (χ1n) is 6.68. The van der Waals surface area contributed by atoms with Crippen LogP contribution in [0.3, 0.4) is 0 Å². The number of carbonyl (C=O) groups excluding carboxylic acids is 1. The van der Waals surface area contributed by atoms with Crippen molar-refractivity contribution < 1.29 is 9.53 Å². The zero-order chi connectivity index (χ0) is 14.5. The molecule has 1 saturated carbocycles. The highest BCUT2D eigenvalue weighted by atomic mass is 35.5. The van der Waals surface area contributed by atoms with Crippen LogP contribution in [0, 0.1) is 17.2 Å². The van der Waals surface area contributed by atoms with Gasteiger partial charge in [0, 0.05) is 6.04 Å². The predicted molar refractivity (Wildman–Crippen MR) is 77.6 cm³/mol. The Balaban J connectivity index is 1.98. The van der Waals surface area contributed by atoms with Crippen molar-refractivity contribution in [1.29, 1.82) is 5.26 Å². The van der Waals surface area contributed by atoms with E-state index in [1.807, 2.05) is 12.1 Å². The van der Waals surface area contributed by atoms with Crippen LogP contribution in [-0.4, -0.2) is 19.1 Å². The Kier molecular flexibility index (Phi) is 4.86. The molecule has 0 radical (unpaired) electrons. The average Bonchev–Trinajstić information content (AvgIpc) is 2.47. The van der Waals surface area contributed by atoms with Crippen molar-refractivity contribution in [3.05, 3.63) is 28.8 Å². The zero-order valence-corrected chi connectivity index (χ0v) is 12.1. The van der Waals surface area contributed by atoms with E-state index in [0.717, 1.165) is 31.4 Å². The number of methoxy groups -OCH3 is 1. The van der Waals surface area contributed by atoms with Gasteiger partial charge in [0.25, 0.3) is 0 Å². The summed E-state index contributed by atoms with van der Waals surface area (Å²) < 4.78 is 4.78. The molecule has 2 rings (SSSR count). The van der Waals surface area contributed by atoms with Gasteiger partial charge >= 0.3 is 5.97 Å². The highest BCUT2D eigenvalue weighted by Crippen LogP contribution is 2.30. The number of nitriles is 1. The summed E-state index contributed by atoms with van der Waals surface area (Å²) in [6, 6.07) is 7.78. The van der Waals surface area contributed by atoms with Crippen LogP contribution in [0.15, 0.2) is 18.2 Å². The molecule has 20 heavy (non-hydrogen) atoms. The third-order valence-electron chi connectivity index (χ3n) is 3.75. The summed E-state index contributed by atoms with van der Waals surface area (Å²) in [7, 11) is 1.43. The molecule has 1 aliphatic rings. The lowest BCUT2D eigenvalue weighted by Crippen LogP contribution is -2.30. The first-order valence-corrected chi connectivity index (χ1v) is 7.06. The first-order chi connectivity index (χ1) is 9.65. The number of halogens is 1. The Hall–Kier alpha value is -1.73. The SMILES string of the molecule is COC(=O)C1CCC(Nc2cccc(Cl)c2C#N)CC1. The van der Waals surface area contributed by atoms with Crippen molar-refractivity contribution in [3.8, 4) is 6.07 Å². The predicted octanol–water partition coefficient (Wildman–Crippen LogP) is 3.36. The van der Waals surface area contributed by atoms with Gasteiger partial charge in [-0.25, -0.2) is 0 Å². The molecule has 0 amide bonds. The third kappa shape index (κ3) is 3.23. The second-order valence-corrected chi connectivity index (χ2v) is 5.40. The van der Waals surface area contributed by atoms with Gasteiger partial charge in [0.05, 0.1) is 29.3 Å². The fourth-order valence-corrected chi connectivity index (χ4v) is 2.83. The number of anilines is 1. The molecule has 1 fully saturated rings. The van der Waals surface area contributed by atoms with Crippen LogP contribution in [0.25, 0.3) is 0 Å². The maximum atomic E-state index is 11.5.